The second-order valence-corrected chi connectivity index (χ2v) is 5.99. The second-order valence-electron chi connectivity index (χ2n) is 5.99. The molecule has 5 heteroatoms. The molecule has 1 N–H and O–H groups in total. The van der Waals surface area contributed by atoms with Crippen LogP contribution < -0.4 is 5.32 Å². The van der Waals surface area contributed by atoms with Crippen LogP contribution in [0.15, 0.2) is 0 Å². The number of esters is 1. The molecule has 0 aromatic carbocycles. The summed E-state index contributed by atoms with van der Waals surface area (Å²) in [6.45, 7) is 4.87. The minimum absolute atomic E-state index is 0.0592. The van der Waals surface area contributed by atoms with Gasteiger partial charge in [-0.25, -0.2) is 0 Å². The Labute approximate surface area is 121 Å². The molecule has 0 aromatic heterocycles. The van der Waals surface area contributed by atoms with Gasteiger partial charge in [-0.1, -0.05) is 0 Å². The fourth-order valence-electron chi connectivity index (χ4n) is 2.98. The molecule has 0 aliphatic heterocycles. The molecule has 3 unspecified atom stereocenters. The summed E-state index contributed by atoms with van der Waals surface area (Å²) >= 11 is 0. The highest BCUT2D eigenvalue weighted by molar-refractivity contribution is 5.81. The summed E-state index contributed by atoms with van der Waals surface area (Å²) in [4.78, 5) is 12.3. The minimum Gasteiger partial charge on any atom is -0.465 e. The van der Waals surface area contributed by atoms with Gasteiger partial charge in [-0.3, -0.25) is 10.1 Å². The number of ether oxygens (including phenoxy) is 3. The van der Waals surface area contributed by atoms with Gasteiger partial charge in [0.2, 0.25) is 0 Å². The minimum atomic E-state index is -0.533. The molecule has 2 aliphatic rings. The lowest BCUT2D eigenvalue weighted by Crippen LogP contribution is -2.52. The van der Waals surface area contributed by atoms with Crippen LogP contribution in [-0.2, 0) is 19.0 Å². The van der Waals surface area contributed by atoms with E-state index in [0.29, 0.717) is 25.7 Å². The van der Waals surface area contributed by atoms with E-state index >= 15 is 0 Å². The van der Waals surface area contributed by atoms with Crippen molar-refractivity contribution in [2.24, 2.45) is 0 Å². The normalized spacial score (nSPS) is 31.2. The van der Waals surface area contributed by atoms with E-state index in [1.165, 1.54) is 0 Å². The number of hydrogen-bond donors (Lipinski definition) is 1. The molecular weight excluding hydrogens is 258 g/mol. The highest BCUT2D eigenvalue weighted by Crippen LogP contribution is 2.37. The smallest absolute Gasteiger partial charge is 0.326 e. The molecule has 0 saturated heterocycles. The lowest BCUT2D eigenvalue weighted by molar-refractivity contribution is -0.151. The maximum Gasteiger partial charge on any atom is 0.326 e. The van der Waals surface area contributed by atoms with Crippen molar-refractivity contribution in [3.05, 3.63) is 0 Å². The number of carbonyl (C=O) groups excluding carboxylic acids is 1. The summed E-state index contributed by atoms with van der Waals surface area (Å²) in [5, 5.41) is 3.50. The van der Waals surface area contributed by atoms with Crippen molar-refractivity contribution < 1.29 is 19.0 Å². The van der Waals surface area contributed by atoms with Gasteiger partial charge in [0.1, 0.15) is 5.54 Å². The van der Waals surface area contributed by atoms with Gasteiger partial charge in [-0.2, -0.15) is 0 Å². The third-order valence-corrected chi connectivity index (χ3v) is 4.02. The maximum absolute atomic E-state index is 12.3. The van der Waals surface area contributed by atoms with Gasteiger partial charge in [-0.05, 0) is 39.5 Å². The van der Waals surface area contributed by atoms with Crippen LogP contribution in [0.4, 0.5) is 0 Å². The number of hydrogen-bond acceptors (Lipinski definition) is 5. The molecule has 116 valence electrons. The summed E-state index contributed by atoms with van der Waals surface area (Å²) in [7, 11) is 1.67. The Morgan fingerprint density at radius 1 is 1.40 bits per heavy atom. The second kappa shape index (κ2) is 6.87. The summed E-state index contributed by atoms with van der Waals surface area (Å²) in [6.07, 6.45) is 4.88. The standard InChI is InChI=1S/C15H27NO4/c1-4-19-14(17)15(16-12-5-6-12)8-7-13(9-15)20-11(2)10-18-3/h11-13,16H,4-10H2,1-3H3. The van der Waals surface area contributed by atoms with Gasteiger partial charge < -0.3 is 14.2 Å². The van der Waals surface area contributed by atoms with Crippen LogP contribution in [0.3, 0.4) is 0 Å². The molecule has 0 amide bonds. The van der Waals surface area contributed by atoms with Crippen molar-refractivity contribution in [3.63, 3.8) is 0 Å². The summed E-state index contributed by atoms with van der Waals surface area (Å²) < 4.78 is 16.3. The van der Waals surface area contributed by atoms with Crippen LogP contribution in [0.25, 0.3) is 0 Å². The third kappa shape index (κ3) is 3.93. The van der Waals surface area contributed by atoms with Gasteiger partial charge in [0, 0.05) is 19.6 Å². The van der Waals surface area contributed by atoms with Crippen LogP contribution in [0.2, 0.25) is 0 Å². The van der Waals surface area contributed by atoms with Crippen molar-refractivity contribution in [1.82, 2.24) is 5.32 Å². The van der Waals surface area contributed by atoms with Crippen molar-refractivity contribution in [2.75, 3.05) is 20.3 Å². The largest absolute Gasteiger partial charge is 0.465 e. The van der Waals surface area contributed by atoms with Crippen molar-refractivity contribution in [2.45, 2.75) is 69.7 Å². The summed E-state index contributed by atoms with van der Waals surface area (Å²) in [6, 6.07) is 0.481. The zero-order valence-corrected chi connectivity index (χ0v) is 12.8. The number of carbonyl (C=O) groups is 1. The van der Waals surface area contributed by atoms with E-state index in [0.717, 1.165) is 25.7 Å². The van der Waals surface area contributed by atoms with Gasteiger partial charge >= 0.3 is 5.97 Å². The average Bonchev–Trinajstić information content (AvgIpc) is 3.11. The highest BCUT2D eigenvalue weighted by Gasteiger charge is 2.49. The molecule has 0 spiro atoms. The molecular formula is C15H27NO4. The predicted molar refractivity (Wildman–Crippen MR) is 75.6 cm³/mol. The van der Waals surface area contributed by atoms with Crippen LogP contribution >= 0.6 is 0 Å². The average molecular weight is 285 g/mol. The number of methoxy groups -OCH3 is 1. The van der Waals surface area contributed by atoms with E-state index < -0.39 is 5.54 Å². The first kappa shape index (κ1) is 15.7. The van der Waals surface area contributed by atoms with E-state index in [1.54, 1.807) is 7.11 Å². The van der Waals surface area contributed by atoms with Crippen molar-refractivity contribution in [1.29, 1.82) is 0 Å². The molecule has 2 saturated carbocycles. The Morgan fingerprint density at radius 2 is 2.15 bits per heavy atom. The monoisotopic (exact) mass is 285 g/mol. The highest BCUT2D eigenvalue weighted by atomic mass is 16.5. The molecule has 2 aliphatic carbocycles. The molecule has 20 heavy (non-hydrogen) atoms. The summed E-state index contributed by atoms with van der Waals surface area (Å²) in [5.41, 5.74) is -0.533. The van der Waals surface area contributed by atoms with Gasteiger partial charge in [0.15, 0.2) is 0 Å². The molecule has 0 heterocycles. The maximum atomic E-state index is 12.3. The van der Waals surface area contributed by atoms with Gasteiger partial charge in [0.25, 0.3) is 0 Å². The van der Waals surface area contributed by atoms with Crippen LogP contribution in [0.5, 0.6) is 0 Å². The quantitative estimate of drug-likeness (QED) is 0.687. The number of rotatable bonds is 8. The summed E-state index contributed by atoms with van der Waals surface area (Å²) in [5.74, 6) is -0.114. The predicted octanol–water partition coefficient (Wildman–Crippen LogP) is 1.64. The van der Waals surface area contributed by atoms with Crippen LogP contribution in [0, 0.1) is 0 Å². The Morgan fingerprint density at radius 3 is 2.75 bits per heavy atom. The van der Waals surface area contributed by atoms with Crippen molar-refractivity contribution in [3.8, 4) is 0 Å². The molecule has 2 rings (SSSR count). The lowest BCUT2D eigenvalue weighted by atomic mass is 9.97. The van der Waals surface area contributed by atoms with Crippen LogP contribution in [0.1, 0.15) is 46.0 Å². The molecule has 2 fully saturated rings. The molecule has 5 nitrogen and oxygen atoms in total. The zero-order chi connectivity index (χ0) is 14.6. The Bertz CT molecular complexity index is 332. The zero-order valence-electron chi connectivity index (χ0n) is 12.8. The van der Waals surface area contributed by atoms with Crippen LogP contribution in [-0.4, -0.2) is 50.1 Å². The van der Waals surface area contributed by atoms with E-state index in [4.69, 9.17) is 14.2 Å². The van der Waals surface area contributed by atoms with E-state index in [2.05, 4.69) is 5.32 Å². The van der Waals surface area contributed by atoms with E-state index in [9.17, 15) is 4.79 Å². The fraction of sp³-hybridized carbons (Fsp3) is 0.933. The Balaban J connectivity index is 1.93. The fourth-order valence-corrected chi connectivity index (χ4v) is 2.98. The van der Waals surface area contributed by atoms with Gasteiger partial charge in [0.05, 0.1) is 25.4 Å². The first-order valence-corrected chi connectivity index (χ1v) is 7.69. The molecule has 0 radical (unpaired) electrons. The molecule has 0 bridgehead atoms. The first-order valence-electron chi connectivity index (χ1n) is 7.69. The number of nitrogens with one attached hydrogen (secondary N) is 1. The van der Waals surface area contributed by atoms with E-state index in [1.807, 2.05) is 13.8 Å². The SMILES string of the molecule is CCOC(=O)C1(NC2CC2)CCC(OC(C)COC)C1. The van der Waals surface area contributed by atoms with E-state index in [-0.39, 0.29) is 18.2 Å². The lowest BCUT2D eigenvalue weighted by Gasteiger charge is -2.28. The van der Waals surface area contributed by atoms with Crippen molar-refractivity contribution >= 4 is 5.97 Å². The Kier molecular flexibility index (Phi) is 5.41. The molecule has 0 aromatic rings. The topological polar surface area (TPSA) is 56.8 Å². The Hall–Kier alpha value is -0.650. The molecule has 3 atom stereocenters. The first-order chi connectivity index (χ1) is 9.59. The van der Waals surface area contributed by atoms with Gasteiger partial charge in [-0.15, -0.1) is 0 Å². The third-order valence-electron chi connectivity index (χ3n) is 4.02.